The van der Waals surface area contributed by atoms with Crippen molar-refractivity contribution in [2.24, 2.45) is 5.92 Å². The molecule has 1 fully saturated rings. The zero-order valence-electron chi connectivity index (χ0n) is 32.1. The van der Waals surface area contributed by atoms with Gasteiger partial charge in [-0.15, -0.1) is 0 Å². The number of amides is 1. The van der Waals surface area contributed by atoms with E-state index in [1.807, 2.05) is 90.1 Å². The maximum absolute atomic E-state index is 13.2. The summed E-state index contributed by atoms with van der Waals surface area (Å²) in [6, 6.07) is 22.7. The van der Waals surface area contributed by atoms with Gasteiger partial charge in [0.1, 0.15) is 24.4 Å². The van der Waals surface area contributed by atoms with Crippen LogP contribution in [0.15, 0.2) is 96.2 Å². The Labute approximate surface area is 332 Å². The van der Waals surface area contributed by atoms with Crippen LogP contribution < -0.4 is 5.69 Å². The predicted octanol–water partition coefficient (Wildman–Crippen LogP) is 7.35. The number of benzene rings is 3. The molecule has 58 heavy (non-hydrogen) atoms. The zero-order chi connectivity index (χ0) is 40.1. The predicted molar refractivity (Wildman–Crippen MR) is 218 cm³/mol. The van der Waals surface area contributed by atoms with Crippen LogP contribution in [0.2, 0.25) is 0 Å². The van der Waals surface area contributed by atoms with Crippen molar-refractivity contribution in [2.75, 3.05) is 13.1 Å². The van der Waals surface area contributed by atoms with Crippen LogP contribution in [0.25, 0.3) is 50.2 Å². The molecule has 0 saturated carbocycles. The lowest BCUT2D eigenvalue weighted by Gasteiger charge is -2.32. The summed E-state index contributed by atoms with van der Waals surface area (Å²) >= 11 is 0. The molecule has 9 rings (SSSR count). The SMILES string of the molecule is CC(C)c1cc(-c2n[nH]c(=O)n2-c2ccc(CC3CCN(C(=O)CCC(=O)OC4=COCc5cn6cc7cc8ccccc8nc7c6cc54)CC3)cc2)c(O)cc1O. The van der Waals surface area contributed by atoms with E-state index >= 15 is 0 Å². The first-order valence-corrected chi connectivity index (χ1v) is 19.6. The van der Waals surface area contributed by atoms with Crippen molar-refractivity contribution in [1.82, 2.24) is 29.0 Å². The Bertz CT molecular complexity index is 2830. The van der Waals surface area contributed by atoms with E-state index in [4.69, 9.17) is 14.5 Å². The Hall–Kier alpha value is -6.89. The minimum atomic E-state index is -0.497. The molecule has 3 aromatic carbocycles. The molecule has 4 aromatic heterocycles. The van der Waals surface area contributed by atoms with Crippen LogP contribution in [0.4, 0.5) is 0 Å². The third kappa shape index (κ3) is 6.93. The molecule has 13 nitrogen and oxygen atoms in total. The van der Waals surface area contributed by atoms with Gasteiger partial charge >= 0.3 is 11.7 Å². The Morgan fingerprint density at radius 1 is 0.931 bits per heavy atom. The van der Waals surface area contributed by atoms with E-state index in [1.54, 1.807) is 6.07 Å². The highest BCUT2D eigenvalue weighted by Crippen LogP contribution is 2.38. The monoisotopic (exact) mass is 778 g/mol. The average Bonchev–Trinajstić information content (AvgIpc) is 3.77. The quantitative estimate of drug-likeness (QED) is 0.127. The number of nitrogens with zero attached hydrogens (tertiary/aromatic N) is 5. The van der Waals surface area contributed by atoms with Gasteiger partial charge in [-0.25, -0.2) is 19.4 Å². The number of para-hydroxylation sites is 1. The van der Waals surface area contributed by atoms with Crippen LogP contribution >= 0.6 is 0 Å². The molecule has 0 atom stereocenters. The Morgan fingerprint density at radius 2 is 1.72 bits per heavy atom. The standard InChI is InChI=1S/C45H42N6O7/c1-26(2)33-19-35(39(53)21-38(33)52)44-47-48-45(56)51(44)32-9-7-27(8-10-32)17-28-13-15-49(16-14-28)41(54)11-12-42(55)58-40-25-57-24-31-23-50-22-30-18-29-5-3-4-6-36(29)46-43(30)37(50)20-34(31)40/h3-10,18-23,25-26,28,52-53H,11-17,24H2,1-2H3,(H,48,56). The molecular weight excluding hydrogens is 737 g/mol. The van der Waals surface area contributed by atoms with Gasteiger partial charge in [-0.05, 0) is 78.6 Å². The van der Waals surface area contributed by atoms with Gasteiger partial charge in [0.05, 0.1) is 34.2 Å². The third-order valence-electron chi connectivity index (χ3n) is 11.3. The van der Waals surface area contributed by atoms with Crippen LogP contribution in [0.3, 0.4) is 0 Å². The summed E-state index contributed by atoms with van der Waals surface area (Å²) < 4.78 is 14.9. The van der Waals surface area contributed by atoms with Crippen molar-refractivity contribution < 1.29 is 29.3 Å². The average molecular weight is 779 g/mol. The van der Waals surface area contributed by atoms with E-state index in [2.05, 4.69) is 16.3 Å². The highest BCUT2D eigenvalue weighted by Gasteiger charge is 2.26. The number of likely N-dealkylation sites (tertiary alicyclic amines) is 1. The smallest absolute Gasteiger partial charge is 0.348 e. The van der Waals surface area contributed by atoms with E-state index in [0.29, 0.717) is 48.2 Å². The summed E-state index contributed by atoms with van der Waals surface area (Å²) in [4.78, 5) is 45.8. The van der Waals surface area contributed by atoms with Crippen LogP contribution in [0, 0.1) is 5.92 Å². The Kier molecular flexibility index (Phi) is 9.43. The second-order valence-electron chi connectivity index (χ2n) is 15.5. The van der Waals surface area contributed by atoms with Gasteiger partial charge in [0, 0.05) is 59.9 Å². The first-order chi connectivity index (χ1) is 28.1. The van der Waals surface area contributed by atoms with E-state index in [1.165, 1.54) is 16.9 Å². The zero-order valence-corrected chi connectivity index (χ0v) is 32.1. The number of fused-ring (bicyclic) bond motifs is 5. The van der Waals surface area contributed by atoms with Crippen molar-refractivity contribution in [1.29, 1.82) is 0 Å². The number of hydrogen-bond donors (Lipinski definition) is 3. The molecule has 0 bridgehead atoms. The Balaban J connectivity index is 0.790. The van der Waals surface area contributed by atoms with Crippen LogP contribution in [0.1, 0.15) is 67.7 Å². The summed E-state index contributed by atoms with van der Waals surface area (Å²) in [6.07, 6.45) is 7.97. The van der Waals surface area contributed by atoms with E-state index in [0.717, 1.165) is 63.3 Å². The molecule has 0 aliphatic carbocycles. The fourth-order valence-electron chi connectivity index (χ4n) is 8.18. The second-order valence-corrected chi connectivity index (χ2v) is 15.5. The van der Waals surface area contributed by atoms with Crippen molar-refractivity contribution in [3.63, 3.8) is 0 Å². The summed E-state index contributed by atoms with van der Waals surface area (Å²) in [5.74, 6) is 0.154. The fourth-order valence-corrected chi connectivity index (χ4v) is 8.18. The molecule has 294 valence electrons. The number of phenolic OH excluding ortho intramolecular Hbond substituents is 2. The van der Waals surface area contributed by atoms with Crippen LogP contribution in [0.5, 0.6) is 11.5 Å². The number of ether oxygens (including phenoxy) is 2. The number of piperidine rings is 1. The van der Waals surface area contributed by atoms with Crippen molar-refractivity contribution in [3.8, 4) is 28.6 Å². The lowest BCUT2D eigenvalue weighted by Crippen LogP contribution is -2.39. The number of aromatic hydroxyl groups is 2. The second kappa shape index (κ2) is 14.9. The van der Waals surface area contributed by atoms with Crippen molar-refractivity contribution >= 4 is 45.0 Å². The molecule has 6 heterocycles. The van der Waals surface area contributed by atoms with Gasteiger partial charge in [0.15, 0.2) is 11.6 Å². The summed E-state index contributed by atoms with van der Waals surface area (Å²) in [7, 11) is 0. The largest absolute Gasteiger partial charge is 0.508 e. The van der Waals surface area contributed by atoms with Gasteiger partial charge < -0.3 is 29.0 Å². The van der Waals surface area contributed by atoms with Gasteiger partial charge in [0.25, 0.3) is 0 Å². The molecule has 7 aromatic rings. The van der Waals surface area contributed by atoms with Gasteiger partial charge in [-0.3, -0.25) is 9.59 Å². The first kappa shape index (κ1) is 36.7. The molecular formula is C45H42N6O7. The maximum atomic E-state index is 13.2. The highest BCUT2D eigenvalue weighted by atomic mass is 16.6. The maximum Gasteiger partial charge on any atom is 0.348 e. The lowest BCUT2D eigenvalue weighted by molar-refractivity contribution is -0.141. The summed E-state index contributed by atoms with van der Waals surface area (Å²) in [5, 5.41) is 29.7. The minimum Gasteiger partial charge on any atom is -0.508 e. The van der Waals surface area contributed by atoms with Crippen molar-refractivity contribution in [2.45, 2.75) is 58.5 Å². The van der Waals surface area contributed by atoms with Crippen LogP contribution in [-0.4, -0.2) is 64.2 Å². The molecule has 1 amide bonds. The number of aromatic nitrogens is 5. The molecule has 0 unspecified atom stereocenters. The van der Waals surface area contributed by atoms with Gasteiger partial charge in [-0.2, -0.15) is 5.10 Å². The molecule has 2 aliphatic rings. The molecule has 1 saturated heterocycles. The lowest BCUT2D eigenvalue weighted by atomic mass is 9.90. The topological polar surface area (TPSA) is 164 Å². The minimum absolute atomic E-state index is 0.00818. The third-order valence-corrected chi connectivity index (χ3v) is 11.3. The van der Waals surface area contributed by atoms with E-state index < -0.39 is 11.7 Å². The molecule has 3 N–H and O–H groups in total. The van der Waals surface area contributed by atoms with Crippen molar-refractivity contribution in [3.05, 3.63) is 124 Å². The Morgan fingerprint density at radius 3 is 2.52 bits per heavy atom. The number of rotatable bonds is 9. The highest BCUT2D eigenvalue weighted by molar-refractivity contribution is 6.01. The number of H-pyrrole nitrogens is 1. The first-order valence-electron chi connectivity index (χ1n) is 19.6. The number of nitrogens with one attached hydrogen (secondary N) is 1. The molecule has 0 radical (unpaired) electrons. The fraction of sp³-hybridized carbons (Fsp3) is 0.267. The van der Waals surface area contributed by atoms with Crippen LogP contribution in [-0.2, 0) is 32.1 Å². The molecule has 2 aliphatic heterocycles. The van der Waals surface area contributed by atoms with E-state index in [9.17, 15) is 24.6 Å². The number of pyridine rings is 2. The molecule has 0 spiro atoms. The molecule has 13 heteroatoms. The number of hydrogen-bond acceptors (Lipinski definition) is 9. The number of esters is 1. The summed E-state index contributed by atoms with van der Waals surface area (Å²) in [6.45, 7) is 5.42. The van der Waals surface area contributed by atoms with E-state index in [-0.39, 0.29) is 42.0 Å². The van der Waals surface area contributed by atoms with Gasteiger partial charge in [-0.1, -0.05) is 44.2 Å². The number of carbonyl (C=O) groups is 2. The number of carbonyl (C=O) groups excluding carboxylic acids is 2. The number of aromatic amines is 1. The summed E-state index contributed by atoms with van der Waals surface area (Å²) in [5.41, 5.74) is 6.52. The van der Waals surface area contributed by atoms with Gasteiger partial charge in [0.2, 0.25) is 5.91 Å². The normalized spacial score (nSPS) is 14.5. The number of phenols is 2.